The second-order valence-corrected chi connectivity index (χ2v) is 6.17. The Balaban J connectivity index is 2.29. The van der Waals surface area contributed by atoms with Gasteiger partial charge in [-0.3, -0.25) is 0 Å². The lowest BCUT2D eigenvalue weighted by molar-refractivity contribution is 0.242. The maximum Gasteiger partial charge on any atom is 0.120 e. The second kappa shape index (κ2) is 7.51. The molecule has 3 nitrogen and oxygen atoms in total. The Labute approximate surface area is 117 Å². The molecule has 0 atom stereocenters. The van der Waals surface area contributed by atoms with Crippen LogP contribution in [0.1, 0.15) is 40.2 Å². The fourth-order valence-electron chi connectivity index (χ4n) is 1.76. The predicted octanol–water partition coefficient (Wildman–Crippen LogP) is 2.95. The highest BCUT2D eigenvalue weighted by Gasteiger charge is 2.06. The van der Waals surface area contributed by atoms with Gasteiger partial charge < -0.3 is 15.4 Å². The van der Waals surface area contributed by atoms with Gasteiger partial charge in [-0.15, -0.1) is 0 Å². The molecule has 0 amide bonds. The van der Waals surface area contributed by atoms with Gasteiger partial charge in [-0.25, -0.2) is 0 Å². The lowest BCUT2D eigenvalue weighted by atomic mass is 10.1. The highest BCUT2D eigenvalue weighted by atomic mass is 16.5. The zero-order valence-electron chi connectivity index (χ0n) is 12.9. The van der Waals surface area contributed by atoms with Crippen LogP contribution in [0.5, 0.6) is 5.75 Å². The highest BCUT2D eigenvalue weighted by molar-refractivity contribution is 5.28. The van der Waals surface area contributed by atoms with Crippen molar-refractivity contribution in [2.24, 2.45) is 0 Å². The Morgan fingerprint density at radius 1 is 1.16 bits per heavy atom. The third-order valence-corrected chi connectivity index (χ3v) is 2.56. The van der Waals surface area contributed by atoms with Gasteiger partial charge in [-0.05, 0) is 52.3 Å². The van der Waals surface area contributed by atoms with E-state index >= 15 is 0 Å². The van der Waals surface area contributed by atoms with Crippen LogP contribution in [0.15, 0.2) is 24.3 Å². The van der Waals surface area contributed by atoms with Crippen LogP contribution >= 0.6 is 0 Å². The summed E-state index contributed by atoms with van der Waals surface area (Å²) in [7, 11) is 0. The van der Waals surface area contributed by atoms with Crippen LogP contribution in [0.2, 0.25) is 0 Å². The molecule has 0 heterocycles. The van der Waals surface area contributed by atoms with E-state index in [1.54, 1.807) is 0 Å². The molecule has 108 valence electrons. The molecule has 2 N–H and O–H groups in total. The monoisotopic (exact) mass is 264 g/mol. The van der Waals surface area contributed by atoms with Crippen LogP contribution in [0, 0.1) is 0 Å². The van der Waals surface area contributed by atoms with E-state index in [0.717, 1.165) is 25.4 Å². The summed E-state index contributed by atoms with van der Waals surface area (Å²) in [5.41, 5.74) is 1.45. The third kappa shape index (κ3) is 7.85. The topological polar surface area (TPSA) is 33.3 Å². The van der Waals surface area contributed by atoms with Crippen molar-refractivity contribution in [2.45, 2.75) is 52.8 Å². The molecule has 19 heavy (non-hydrogen) atoms. The lowest BCUT2D eigenvalue weighted by Gasteiger charge is -2.20. The first-order valence-corrected chi connectivity index (χ1v) is 7.08. The summed E-state index contributed by atoms with van der Waals surface area (Å²) in [5.74, 6) is 0.946. The molecular formula is C16H28N2O. The van der Waals surface area contributed by atoms with E-state index in [9.17, 15) is 0 Å². The van der Waals surface area contributed by atoms with E-state index in [0.29, 0.717) is 0 Å². The molecule has 0 aliphatic heterocycles. The number of ether oxygens (including phenoxy) is 1. The first-order valence-electron chi connectivity index (χ1n) is 7.08. The van der Waals surface area contributed by atoms with Crippen molar-refractivity contribution in [1.82, 2.24) is 10.6 Å². The average molecular weight is 264 g/mol. The van der Waals surface area contributed by atoms with Crippen LogP contribution in [-0.4, -0.2) is 24.7 Å². The SMILES string of the molecule is CC(C)Oc1cccc(CNCCNC(C)(C)C)c1. The first-order chi connectivity index (χ1) is 8.87. The minimum atomic E-state index is 0.187. The van der Waals surface area contributed by atoms with Crippen LogP contribution in [0.3, 0.4) is 0 Å². The zero-order valence-corrected chi connectivity index (χ0v) is 12.9. The Morgan fingerprint density at radius 2 is 1.89 bits per heavy atom. The van der Waals surface area contributed by atoms with E-state index in [4.69, 9.17) is 4.74 Å². The second-order valence-electron chi connectivity index (χ2n) is 6.17. The minimum absolute atomic E-state index is 0.187. The van der Waals surface area contributed by atoms with E-state index in [1.165, 1.54) is 5.56 Å². The molecule has 0 saturated heterocycles. The van der Waals surface area contributed by atoms with Gasteiger partial charge in [-0.1, -0.05) is 12.1 Å². The van der Waals surface area contributed by atoms with Gasteiger partial charge in [-0.2, -0.15) is 0 Å². The molecule has 1 aromatic rings. The summed E-state index contributed by atoms with van der Waals surface area (Å²) in [6.07, 6.45) is 0.221. The van der Waals surface area contributed by atoms with Gasteiger partial charge in [0.2, 0.25) is 0 Å². The van der Waals surface area contributed by atoms with Gasteiger partial charge in [0.05, 0.1) is 6.10 Å². The zero-order chi connectivity index (χ0) is 14.3. The highest BCUT2D eigenvalue weighted by Crippen LogP contribution is 2.14. The maximum atomic E-state index is 5.69. The Kier molecular flexibility index (Phi) is 6.32. The maximum absolute atomic E-state index is 5.69. The summed E-state index contributed by atoms with van der Waals surface area (Å²) in [6.45, 7) is 13.4. The summed E-state index contributed by atoms with van der Waals surface area (Å²) in [6, 6.07) is 8.27. The summed E-state index contributed by atoms with van der Waals surface area (Å²) >= 11 is 0. The van der Waals surface area contributed by atoms with Crippen LogP contribution in [0.4, 0.5) is 0 Å². The summed E-state index contributed by atoms with van der Waals surface area (Å²) < 4.78 is 5.69. The van der Waals surface area contributed by atoms with E-state index < -0.39 is 0 Å². The largest absolute Gasteiger partial charge is 0.491 e. The van der Waals surface area contributed by atoms with Gasteiger partial charge in [0.25, 0.3) is 0 Å². The summed E-state index contributed by atoms with van der Waals surface area (Å²) in [5, 5.41) is 6.90. The normalized spacial score (nSPS) is 11.9. The van der Waals surface area contributed by atoms with Crippen molar-refractivity contribution in [1.29, 1.82) is 0 Å². The van der Waals surface area contributed by atoms with Gasteiger partial charge >= 0.3 is 0 Å². The fourth-order valence-corrected chi connectivity index (χ4v) is 1.76. The third-order valence-electron chi connectivity index (χ3n) is 2.56. The number of rotatable bonds is 7. The van der Waals surface area contributed by atoms with Crippen LogP contribution in [-0.2, 0) is 6.54 Å². The van der Waals surface area contributed by atoms with Crippen molar-refractivity contribution in [2.75, 3.05) is 13.1 Å². The molecule has 0 aliphatic carbocycles. The molecule has 0 saturated carbocycles. The molecule has 0 radical (unpaired) electrons. The predicted molar refractivity (Wildman–Crippen MR) is 81.7 cm³/mol. The Bertz CT molecular complexity index is 369. The number of hydrogen-bond acceptors (Lipinski definition) is 3. The van der Waals surface area contributed by atoms with Gasteiger partial charge in [0, 0.05) is 25.2 Å². The van der Waals surface area contributed by atoms with E-state index in [1.807, 2.05) is 26.0 Å². The van der Waals surface area contributed by atoms with E-state index in [-0.39, 0.29) is 11.6 Å². The molecule has 0 aliphatic rings. The average Bonchev–Trinajstić information content (AvgIpc) is 2.26. The van der Waals surface area contributed by atoms with E-state index in [2.05, 4.69) is 43.5 Å². The molecule has 0 unspecified atom stereocenters. The molecular weight excluding hydrogens is 236 g/mol. The molecule has 1 rings (SSSR count). The number of benzene rings is 1. The smallest absolute Gasteiger partial charge is 0.120 e. The molecule has 3 heteroatoms. The standard InChI is InChI=1S/C16H28N2O/c1-13(2)19-15-8-6-7-14(11-15)12-17-9-10-18-16(3,4)5/h6-8,11,13,17-18H,9-10,12H2,1-5H3. The minimum Gasteiger partial charge on any atom is -0.491 e. The lowest BCUT2D eigenvalue weighted by Crippen LogP contribution is -2.40. The molecule has 0 bridgehead atoms. The first kappa shape index (κ1) is 16.0. The quantitative estimate of drug-likeness (QED) is 0.743. The van der Waals surface area contributed by atoms with Crippen molar-refractivity contribution in [3.05, 3.63) is 29.8 Å². The molecule has 0 fully saturated rings. The molecule has 1 aromatic carbocycles. The van der Waals surface area contributed by atoms with Crippen molar-refractivity contribution in [3.8, 4) is 5.75 Å². The van der Waals surface area contributed by atoms with Crippen LogP contribution in [0.25, 0.3) is 0 Å². The van der Waals surface area contributed by atoms with Crippen LogP contribution < -0.4 is 15.4 Å². The Hall–Kier alpha value is -1.06. The number of hydrogen-bond donors (Lipinski definition) is 2. The van der Waals surface area contributed by atoms with Gasteiger partial charge in [0.15, 0.2) is 0 Å². The molecule has 0 spiro atoms. The molecule has 0 aromatic heterocycles. The fraction of sp³-hybridized carbons (Fsp3) is 0.625. The van der Waals surface area contributed by atoms with Crippen molar-refractivity contribution in [3.63, 3.8) is 0 Å². The van der Waals surface area contributed by atoms with Crippen molar-refractivity contribution < 1.29 is 4.74 Å². The van der Waals surface area contributed by atoms with Gasteiger partial charge in [0.1, 0.15) is 5.75 Å². The Morgan fingerprint density at radius 3 is 2.53 bits per heavy atom. The van der Waals surface area contributed by atoms with Crippen molar-refractivity contribution >= 4 is 0 Å². The number of nitrogens with one attached hydrogen (secondary N) is 2. The summed E-state index contributed by atoms with van der Waals surface area (Å²) in [4.78, 5) is 0.